The standard InChI is InChI=1S/C20H21BrClFN2O3/c1-3-24-20(27)13(2)25(11-14-6-4-5-7-17(14)23)19(26)12-28-18-9-8-15(21)10-16(18)22/h4-10,13H,3,11-12H2,1-2H3,(H,24,27)/t13-/m0/s1. The van der Waals surface area contributed by atoms with E-state index in [2.05, 4.69) is 21.2 Å². The molecule has 5 nitrogen and oxygen atoms in total. The second-order valence-electron chi connectivity index (χ2n) is 6.05. The summed E-state index contributed by atoms with van der Waals surface area (Å²) in [4.78, 5) is 26.4. The van der Waals surface area contributed by atoms with Crippen LogP contribution in [0.3, 0.4) is 0 Å². The van der Waals surface area contributed by atoms with Gasteiger partial charge in [-0.15, -0.1) is 0 Å². The van der Waals surface area contributed by atoms with Crippen molar-refractivity contribution in [1.29, 1.82) is 0 Å². The molecular weight excluding hydrogens is 451 g/mol. The summed E-state index contributed by atoms with van der Waals surface area (Å²) in [6, 6.07) is 10.4. The number of hydrogen-bond donors (Lipinski definition) is 1. The van der Waals surface area contributed by atoms with Crippen molar-refractivity contribution >= 4 is 39.3 Å². The lowest BCUT2D eigenvalue weighted by molar-refractivity contribution is -0.142. The molecule has 0 saturated heterocycles. The Bertz CT molecular complexity index is 850. The fourth-order valence-corrected chi connectivity index (χ4v) is 3.26. The molecule has 1 atom stereocenters. The number of hydrogen-bond acceptors (Lipinski definition) is 3. The van der Waals surface area contributed by atoms with Gasteiger partial charge < -0.3 is 15.0 Å². The van der Waals surface area contributed by atoms with Crippen molar-refractivity contribution in [2.24, 2.45) is 0 Å². The molecule has 2 rings (SSSR count). The van der Waals surface area contributed by atoms with E-state index in [1.807, 2.05) is 0 Å². The van der Waals surface area contributed by atoms with Crippen molar-refractivity contribution in [3.63, 3.8) is 0 Å². The minimum absolute atomic E-state index is 0.0543. The number of nitrogens with one attached hydrogen (secondary N) is 1. The maximum absolute atomic E-state index is 14.1. The van der Waals surface area contributed by atoms with E-state index in [0.29, 0.717) is 22.9 Å². The van der Waals surface area contributed by atoms with E-state index >= 15 is 0 Å². The maximum atomic E-state index is 14.1. The molecular formula is C20H21BrClFN2O3. The molecule has 0 aliphatic rings. The molecule has 0 aromatic heterocycles. The quantitative estimate of drug-likeness (QED) is 0.628. The number of ether oxygens (including phenoxy) is 1. The van der Waals surface area contributed by atoms with E-state index in [-0.39, 0.29) is 19.1 Å². The summed E-state index contributed by atoms with van der Waals surface area (Å²) in [5, 5.41) is 3.02. The van der Waals surface area contributed by atoms with Gasteiger partial charge in [-0.2, -0.15) is 0 Å². The number of likely N-dealkylation sites (N-methyl/N-ethyl adjacent to an activating group) is 1. The van der Waals surface area contributed by atoms with E-state index in [1.165, 1.54) is 11.0 Å². The van der Waals surface area contributed by atoms with Crippen LogP contribution in [0.25, 0.3) is 0 Å². The third-order valence-corrected chi connectivity index (χ3v) is 4.85. The van der Waals surface area contributed by atoms with Gasteiger partial charge in [0.2, 0.25) is 5.91 Å². The van der Waals surface area contributed by atoms with E-state index in [9.17, 15) is 14.0 Å². The summed E-state index contributed by atoms with van der Waals surface area (Å²) in [5.74, 6) is -0.884. The molecule has 0 bridgehead atoms. The highest BCUT2D eigenvalue weighted by molar-refractivity contribution is 9.10. The van der Waals surface area contributed by atoms with Crippen LogP contribution in [0, 0.1) is 5.82 Å². The number of halogens is 3. The molecule has 2 aromatic carbocycles. The number of rotatable bonds is 8. The van der Waals surface area contributed by atoms with Crippen LogP contribution < -0.4 is 10.1 Å². The Balaban J connectivity index is 2.18. The monoisotopic (exact) mass is 470 g/mol. The molecule has 1 N–H and O–H groups in total. The topological polar surface area (TPSA) is 58.6 Å². The lowest BCUT2D eigenvalue weighted by Gasteiger charge is -2.28. The minimum Gasteiger partial charge on any atom is -0.482 e. The van der Waals surface area contributed by atoms with Crippen LogP contribution in [-0.4, -0.2) is 35.9 Å². The molecule has 0 aliphatic carbocycles. The molecule has 0 saturated carbocycles. The highest BCUT2D eigenvalue weighted by Gasteiger charge is 2.27. The van der Waals surface area contributed by atoms with E-state index in [1.54, 1.807) is 50.2 Å². The Morgan fingerprint density at radius 1 is 1.29 bits per heavy atom. The molecule has 0 heterocycles. The zero-order chi connectivity index (χ0) is 20.7. The van der Waals surface area contributed by atoms with Crippen molar-refractivity contribution < 1.29 is 18.7 Å². The first kappa shape index (κ1) is 22.2. The van der Waals surface area contributed by atoms with Gasteiger partial charge in [-0.1, -0.05) is 45.7 Å². The first-order chi connectivity index (χ1) is 13.3. The SMILES string of the molecule is CCNC(=O)[C@H](C)N(Cc1ccccc1F)C(=O)COc1ccc(Br)cc1Cl. The number of amides is 2. The first-order valence-electron chi connectivity index (χ1n) is 8.72. The van der Waals surface area contributed by atoms with Crippen molar-refractivity contribution in [3.05, 3.63) is 63.3 Å². The third-order valence-electron chi connectivity index (χ3n) is 4.06. The van der Waals surface area contributed by atoms with Crippen molar-refractivity contribution in [3.8, 4) is 5.75 Å². The fourth-order valence-electron chi connectivity index (χ4n) is 2.53. The summed E-state index contributed by atoms with van der Waals surface area (Å²) in [6.45, 7) is 3.42. The Morgan fingerprint density at radius 3 is 2.64 bits per heavy atom. The maximum Gasteiger partial charge on any atom is 0.261 e. The van der Waals surface area contributed by atoms with E-state index in [4.69, 9.17) is 16.3 Å². The summed E-state index contributed by atoms with van der Waals surface area (Å²) in [6.07, 6.45) is 0. The largest absolute Gasteiger partial charge is 0.482 e. The molecule has 0 fully saturated rings. The molecule has 0 spiro atoms. The Hall–Kier alpha value is -2.12. The lowest BCUT2D eigenvalue weighted by atomic mass is 10.1. The molecule has 0 aliphatic heterocycles. The number of carbonyl (C=O) groups is 2. The average Bonchev–Trinajstić information content (AvgIpc) is 2.66. The van der Waals surface area contributed by atoms with Crippen molar-refractivity contribution in [2.45, 2.75) is 26.4 Å². The van der Waals surface area contributed by atoms with Gasteiger partial charge in [-0.05, 0) is 38.1 Å². The molecule has 0 unspecified atom stereocenters. The van der Waals surface area contributed by atoms with Gasteiger partial charge in [0.1, 0.15) is 17.6 Å². The van der Waals surface area contributed by atoms with Gasteiger partial charge in [0, 0.05) is 23.1 Å². The van der Waals surface area contributed by atoms with Crippen molar-refractivity contribution in [1.82, 2.24) is 10.2 Å². The zero-order valence-corrected chi connectivity index (χ0v) is 17.9. The predicted octanol–water partition coefficient (Wildman–Crippen LogP) is 4.17. The molecule has 28 heavy (non-hydrogen) atoms. The lowest BCUT2D eigenvalue weighted by Crippen LogP contribution is -2.49. The van der Waals surface area contributed by atoms with Gasteiger partial charge >= 0.3 is 0 Å². The minimum atomic E-state index is -0.795. The van der Waals surface area contributed by atoms with Gasteiger partial charge in [0.05, 0.1) is 5.02 Å². The molecule has 2 aromatic rings. The summed E-state index contributed by atoms with van der Waals surface area (Å²) in [7, 11) is 0. The second-order valence-corrected chi connectivity index (χ2v) is 7.37. The summed E-state index contributed by atoms with van der Waals surface area (Å²) >= 11 is 9.40. The number of carbonyl (C=O) groups excluding carboxylic acids is 2. The fraction of sp³-hybridized carbons (Fsp3) is 0.300. The predicted molar refractivity (Wildman–Crippen MR) is 110 cm³/mol. The zero-order valence-electron chi connectivity index (χ0n) is 15.5. The Labute approximate surface area is 176 Å². The smallest absolute Gasteiger partial charge is 0.261 e. The van der Waals surface area contributed by atoms with Crippen LogP contribution in [0.1, 0.15) is 19.4 Å². The highest BCUT2D eigenvalue weighted by Crippen LogP contribution is 2.27. The summed E-state index contributed by atoms with van der Waals surface area (Å²) in [5.41, 5.74) is 0.314. The van der Waals surface area contributed by atoms with Crippen LogP contribution in [0.2, 0.25) is 5.02 Å². The molecule has 8 heteroatoms. The third kappa shape index (κ3) is 5.94. The van der Waals surface area contributed by atoms with Crippen molar-refractivity contribution in [2.75, 3.05) is 13.2 Å². The van der Waals surface area contributed by atoms with Crippen LogP contribution in [0.4, 0.5) is 4.39 Å². The highest BCUT2D eigenvalue weighted by atomic mass is 79.9. The normalized spacial score (nSPS) is 11.6. The Morgan fingerprint density at radius 2 is 2.00 bits per heavy atom. The first-order valence-corrected chi connectivity index (χ1v) is 9.89. The molecule has 2 amide bonds. The van der Waals surface area contributed by atoms with Gasteiger partial charge in [0.25, 0.3) is 5.91 Å². The van der Waals surface area contributed by atoms with Gasteiger partial charge in [-0.3, -0.25) is 9.59 Å². The van der Waals surface area contributed by atoms with Crippen LogP contribution in [-0.2, 0) is 16.1 Å². The van der Waals surface area contributed by atoms with E-state index in [0.717, 1.165) is 4.47 Å². The summed E-state index contributed by atoms with van der Waals surface area (Å²) < 4.78 is 20.4. The Kier molecular flexibility index (Phi) is 8.26. The molecule has 0 radical (unpaired) electrons. The van der Waals surface area contributed by atoms with Gasteiger partial charge in [0.15, 0.2) is 6.61 Å². The van der Waals surface area contributed by atoms with Crippen LogP contribution in [0.5, 0.6) is 5.75 Å². The van der Waals surface area contributed by atoms with E-state index < -0.39 is 17.8 Å². The van der Waals surface area contributed by atoms with Gasteiger partial charge in [-0.25, -0.2) is 4.39 Å². The second kappa shape index (κ2) is 10.4. The van der Waals surface area contributed by atoms with Crippen LogP contribution in [0.15, 0.2) is 46.9 Å². The van der Waals surface area contributed by atoms with Crippen LogP contribution >= 0.6 is 27.5 Å². The average molecular weight is 472 g/mol. The molecule has 150 valence electrons. The number of benzene rings is 2. The number of nitrogens with zero attached hydrogens (tertiary/aromatic N) is 1.